The number of carbonyl (C=O) groups is 1. The minimum Gasteiger partial charge on any atom is -0.450 e. The molecule has 1 aliphatic heterocycles. The standard InChI is InChI=1S/C20H32N4O3.HI/c1-4-26-15-17-9-7-6-8-16(17)14-22-19(21-3)23-18-10-12-24(13-11-18)20(25)27-5-2;/h6-9,18H,4-5,10-15H2,1-3H3,(H2,21,22,23);1H. The highest BCUT2D eigenvalue weighted by Gasteiger charge is 2.24. The lowest BCUT2D eigenvalue weighted by atomic mass is 10.1. The minimum absolute atomic E-state index is 0. The first-order valence-corrected chi connectivity index (χ1v) is 9.71. The van der Waals surface area contributed by atoms with E-state index in [2.05, 4.69) is 27.8 Å². The van der Waals surface area contributed by atoms with Crippen LogP contribution in [0.1, 0.15) is 37.8 Å². The molecule has 7 nitrogen and oxygen atoms in total. The molecular weight excluding hydrogens is 471 g/mol. The summed E-state index contributed by atoms with van der Waals surface area (Å²) >= 11 is 0. The molecule has 2 rings (SSSR count). The number of ether oxygens (including phenoxy) is 2. The molecule has 0 aromatic heterocycles. The van der Waals surface area contributed by atoms with Crippen LogP contribution >= 0.6 is 24.0 Å². The molecule has 1 heterocycles. The van der Waals surface area contributed by atoms with E-state index in [9.17, 15) is 4.79 Å². The first kappa shape index (κ1) is 24.5. The molecule has 0 unspecified atom stereocenters. The van der Waals surface area contributed by atoms with Gasteiger partial charge in [-0.25, -0.2) is 4.79 Å². The third-order valence-corrected chi connectivity index (χ3v) is 4.61. The Balaban J connectivity index is 0.00000392. The predicted molar refractivity (Wildman–Crippen MR) is 122 cm³/mol. The number of halogens is 1. The highest BCUT2D eigenvalue weighted by atomic mass is 127. The summed E-state index contributed by atoms with van der Waals surface area (Å²) in [6, 6.07) is 8.55. The van der Waals surface area contributed by atoms with Gasteiger partial charge < -0.3 is 25.0 Å². The van der Waals surface area contributed by atoms with E-state index >= 15 is 0 Å². The largest absolute Gasteiger partial charge is 0.450 e. The van der Waals surface area contributed by atoms with Crippen molar-refractivity contribution in [3.05, 3.63) is 35.4 Å². The number of nitrogens with one attached hydrogen (secondary N) is 2. The van der Waals surface area contributed by atoms with Crippen LogP contribution in [0.2, 0.25) is 0 Å². The van der Waals surface area contributed by atoms with Crippen LogP contribution in [0.5, 0.6) is 0 Å². The summed E-state index contributed by atoms with van der Waals surface area (Å²) in [4.78, 5) is 17.9. The average molecular weight is 504 g/mol. The Bertz CT molecular complexity index is 619. The average Bonchev–Trinajstić information content (AvgIpc) is 2.70. The zero-order valence-electron chi connectivity index (χ0n) is 17.1. The van der Waals surface area contributed by atoms with Gasteiger partial charge in [0, 0.05) is 39.3 Å². The minimum atomic E-state index is -0.218. The smallest absolute Gasteiger partial charge is 0.409 e. The van der Waals surface area contributed by atoms with Crippen LogP contribution in [0.4, 0.5) is 4.79 Å². The SMILES string of the molecule is CCOCc1ccccc1CNC(=NC)NC1CCN(C(=O)OCC)CC1.I. The van der Waals surface area contributed by atoms with Crippen molar-refractivity contribution in [2.75, 3.05) is 33.4 Å². The molecule has 0 atom stereocenters. The highest BCUT2D eigenvalue weighted by molar-refractivity contribution is 14.0. The summed E-state index contributed by atoms with van der Waals surface area (Å²) in [5, 5.41) is 6.84. The normalized spacial score (nSPS) is 15.0. The maximum absolute atomic E-state index is 11.8. The number of aliphatic imine (C=N–C) groups is 1. The highest BCUT2D eigenvalue weighted by Crippen LogP contribution is 2.12. The quantitative estimate of drug-likeness (QED) is 0.339. The van der Waals surface area contributed by atoms with Crippen molar-refractivity contribution in [1.29, 1.82) is 0 Å². The molecule has 1 saturated heterocycles. The Labute approximate surface area is 185 Å². The number of amides is 1. The van der Waals surface area contributed by atoms with Crippen LogP contribution in [0.25, 0.3) is 0 Å². The fraction of sp³-hybridized carbons (Fsp3) is 0.600. The van der Waals surface area contributed by atoms with E-state index in [1.807, 2.05) is 26.0 Å². The molecule has 1 aromatic rings. The van der Waals surface area contributed by atoms with Gasteiger partial charge in [0.2, 0.25) is 0 Å². The molecule has 0 radical (unpaired) electrons. The number of carbonyl (C=O) groups excluding carboxylic acids is 1. The second-order valence-corrected chi connectivity index (χ2v) is 6.44. The summed E-state index contributed by atoms with van der Waals surface area (Å²) in [5.74, 6) is 0.774. The van der Waals surface area contributed by atoms with Crippen molar-refractivity contribution in [3.63, 3.8) is 0 Å². The van der Waals surface area contributed by atoms with E-state index < -0.39 is 0 Å². The molecule has 0 saturated carbocycles. The van der Waals surface area contributed by atoms with Gasteiger partial charge in [0.15, 0.2) is 5.96 Å². The van der Waals surface area contributed by atoms with Gasteiger partial charge in [0.05, 0.1) is 13.2 Å². The van der Waals surface area contributed by atoms with Crippen molar-refractivity contribution in [2.45, 2.75) is 45.9 Å². The summed E-state index contributed by atoms with van der Waals surface area (Å²) in [6.07, 6.45) is 1.53. The monoisotopic (exact) mass is 504 g/mol. The van der Waals surface area contributed by atoms with Crippen molar-refractivity contribution < 1.29 is 14.3 Å². The second kappa shape index (κ2) is 13.6. The molecular formula is C20H33IN4O3. The maximum Gasteiger partial charge on any atom is 0.409 e. The van der Waals surface area contributed by atoms with E-state index in [1.165, 1.54) is 11.1 Å². The van der Waals surface area contributed by atoms with Crippen LogP contribution in [0.3, 0.4) is 0 Å². The Morgan fingerprint density at radius 1 is 1.18 bits per heavy atom. The molecule has 1 amide bonds. The van der Waals surface area contributed by atoms with Gasteiger partial charge in [-0.05, 0) is 37.8 Å². The Kier molecular flexibility index (Phi) is 11.9. The zero-order valence-corrected chi connectivity index (χ0v) is 19.4. The topological polar surface area (TPSA) is 75.2 Å². The zero-order chi connectivity index (χ0) is 19.5. The Morgan fingerprint density at radius 3 is 2.46 bits per heavy atom. The molecule has 2 N–H and O–H groups in total. The Hall–Kier alpha value is -1.55. The summed E-state index contributed by atoms with van der Waals surface area (Å²) in [6.45, 7) is 7.65. The second-order valence-electron chi connectivity index (χ2n) is 6.44. The summed E-state index contributed by atoms with van der Waals surface area (Å²) in [5.41, 5.74) is 2.39. The van der Waals surface area contributed by atoms with Crippen LogP contribution in [0.15, 0.2) is 29.3 Å². The van der Waals surface area contributed by atoms with Crippen molar-refractivity contribution in [3.8, 4) is 0 Å². The lowest BCUT2D eigenvalue weighted by molar-refractivity contribution is 0.0963. The molecule has 1 fully saturated rings. The van der Waals surface area contributed by atoms with Gasteiger partial charge in [-0.3, -0.25) is 4.99 Å². The van der Waals surface area contributed by atoms with E-state index in [4.69, 9.17) is 9.47 Å². The van der Waals surface area contributed by atoms with Crippen molar-refractivity contribution in [1.82, 2.24) is 15.5 Å². The fourth-order valence-corrected chi connectivity index (χ4v) is 3.07. The van der Waals surface area contributed by atoms with Gasteiger partial charge in [-0.15, -0.1) is 24.0 Å². The summed E-state index contributed by atoms with van der Waals surface area (Å²) < 4.78 is 10.6. The van der Waals surface area contributed by atoms with Crippen LogP contribution in [-0.4, -0.2) is 56.3 Å². The van der Waals surface area contributed by atoms with Gasteiger partial charge in [-0.1, -0.05) is 24.3 Å². The third kappa shape index (κ3) is 7.83. The van der Waals surface area contributed by atoms with E-state index in [-0.39, 0.29) is 30.1 Å². The van der Waals surface area contributed by atoms with E-state index in [0.29, 0.717) is 45.5 Å². The van der Waals surface area contributed by atoms with E-state index in [0.717, 1.165) is 18.8 Å². The summed E-state index contributed by atoms with van der Waals surface area (Å²) in [7, 11) is 1.77. The fourth-order valence-electron chi connectivity index (χ4n) is 3.07. The predicted octanol–water partition coefficient (Wildman–Crippen LogP) is 3.13. The lowest BCUT2D eigenvalue weighted by Crippen LogP contribution is -2.49. The van der Waals surface area contributed by atoms with Gasteiger partial charge in [0.25, 0.3) is 0 Å². The van der Waals surface area contributed by atoms with E-state index in [1.54, 1.807) is 11.9 Å². The van der Waals surface area contributed by atoms with Gasteiger partial charge in [-0.2, -0.15) is 0 Å². The van der Waals surface area contributed by atoms with Crippen LogP contribution in [0, 0.1) is 0 Å². The van der Waals surface area contributed by atoms with Gasteiger partial charge >= 0.3 is 6.09 Å². The first-order valence-electron chi connectivity index (χ1n) is 9.71. The maximum atomic E-state index is 11.8. The number of nitrogens with zero attached hydrogens (tertiary/aromatic N) is 2. The molecule has 158 valence electrons. The number of hydrogen-bond acceptors (Lipinski definition) is 4. The number of benzene rings is 1. The number of hydrogen-bond donors (Lipinski definition) is 2. The molecule has 1 aliphatic rings. The molecule has 1 aromatic carbocycles. The molecule has 8 heteroatoms. The number of likely N-dealkylation sites (tertiary alicyclic amines) is 1. The first-order chi connectivity index (χ1) is 13.2. The number of piperidine rings is 1. The van der Waals surface area contributed by atoms with Gasteiger partial charge in [0.1, 0.15) is 0 Å². The Morgan fingerprint density at radius 2 is 1.86 bits per heavy atom. The number of rotatable bonds is 7. The molecule has 28 heavy (non-hydrogen) atoms. The van der Waals surface area contributed by atoms with Crippen molar-refractivity contribution in [2.24, 2.45) is 4.99 Å². The molecule has 0 aliphatic carbocycles. The van der Waals surface area contributed by atoms with Crippen molar-refractivity contribution >= 4 is 36.0 Å². The van der Waals surface area contributed by atoms with Crippen LogP contribution < -0.4 is 10.6 Å². The third-order valence-electron chi connectivity index (χ3n) is 4.61. The van der Waals surface area contributed by atoms with Crippen LogP contribution in [-0.2, 0) is 22.6 Å². The molecule has 0 bridgehead atoms. The molecule has 0 spiro atoms. The number of guanidine groups is 1. The lowest BCUT2D eigenvalue weighted by Gasteiger charge is -2.32.